The molecule has 1 aromatic heterocycles. The van der Waals surface area contributed by atoms with Crippen LogP contribution in [-0.4, -0.2) is 31.0 Å². The molecule has 1 fully saturated rings. The molecule has 0 bridgehead atoms. The van der Waals surface area contributed by atoms with Crippen LogP contribution >= 0.6 is 0 Å². The lowest BCUT2D eigenvalue weighted by atomic mass is 9.88. The summed E-state index contributed by atoms with van der Waals surface area (Å²) in [5, 5.41) is 0. The summed E-state index contributed by atoms with van der Waals surface area (Å²) in [6, 6.07) is 3.82. The highest BCUT2D eigenvalue weighted by atomic mass is 16.6. The zero-order valence-electron chi connectivity index (χ0n) is 13.8. The van der Waals surface area contributed by atoms with Crippen LogP contribution < -0.4 is 10.4 Å². The molecule has 0 saturated carbocycles. The van der Waals surface area contributed by atoms with Gasteiger partial charge in [0.1, 0.15) is 5.69 Å². The molecule has 0 unspecified atom stereocenters. The van der Waals surface area contributed by atoms with Crippen LogP contribution in [0, 0.1) is 5.41 Å². The molecule has 1 saturated heterocycles. The van der Waals surface area contributed by atoms with Gasteiger partial charge in [0.15, 0.2) is 11.6 Å². The Morgan fingerprint density at radius 2 is 2.05 bits per heavy atom. The Kier molecular flexibility index (Phi) is 5.19. The van der Waals surface area contributed by atoms with Crippen molar-refractivity contribution in [3.8, 4) is 0 Å². The summed E-state index contributed by atoms with van der Waals surface area (Å²) in [5.41, 5.74) is 4.65. The van der Waals surface area contributed by atoms with E-state index in [1.54, 1.807) is 13.3 Å². The van der Waals surface area contributed by atoms with Crippen LogP contribution in [0.15, 0.2) is 30.0 Å². The monoisotopic (exact) mass is 303 g/mol. The molecule has 2 heterocycles. The number of carbonyl (C=O) groups excluding carboxylic acids is 1. The minimum atomic E-state index is -0.305. The quantitative estimate of drug-likeness (QED) is 0.684. The van der Waals surface area contributed by atoms with Gasteiger partial charge in [-0.1, -0.05) is 26.3 Å². The second-order valence-corrected chi connectivity index (χ2v) is 6.58. The Bertz CT molecular complexity index is 551. The number of ketones is 1. The van der Waals surface area contributed by atoms with Crippen LogP contribution in [0.5, 0.6) is 0 Å². The molecule has 1 aromatic rings. The fourth-order valence-corrected chi connectivity index (χ4v) is 2.39. The van der Waals surface area contributed by atoms with E-state index in [-0.39, 0.29) is 11.2 Å². The van der Waals surface area contributed by atoms with Gasteiger partial charge in [-0.15, -0.1) is 0 Å². The molecule has 0 spiro atoms. The van der Waals surface area contributed by atoms with Crippen molar-refractivity contribution in [2.45, 2.75) is 33.6 Å². The summed E-state index contributed by atoms with van der Waals surface area (Å²) in [6.07, 6.45) is 5.41. The smallest absolute Gasteiger partial charge is 0.160 e. The molecule has 0 atom stereocenters. The molecule has 22 heavy (non-hydrogen) atoms. The van der Waals surface area contributed by atoms with Crippen LogP contribution in [0.3, 0.4) is 0 Å². The van der Waals surface area contributed by atoms with Gasteiger partial charge in [-0.2, -0.15) is 0 Å². The number of pyridine rings is 1. The normalized spacial score (nSPS) is 15.6. The zero-order chi connectivity index (χ0) is 16.2. The SMILES string of the molecule is CONc1cccnc1N1CCC(=CC(=O)C(C)(C)C)CC1. The fourth-order valence-electron chi connectivity index (χ4n) is 2.39. The van der Waals surface area contributed by atoms with Gasteiger partial charge in [-0.25, -0.2) is 4.98 Å². The number of hydrogen-bond donors (Lipinski definition) is 1. The average molecular weight is 303 g/mol. The van der Waals surface area contributed by atoms with Crippen molar-refractivity contribution in [1.82, 2.24) is 4.98 Å². The van der Waals surface area contributed by atoms with Gasteiger partial charge in [-0.05, 0) is 31.1 Å². The average Bonchev–Trinajstić information content (AvgIpc) is 2.48. The van der Waals surface area contributed by atoms with Crippen LogP contribution in [0.4, 0.5) is 11.5 Å². The van der Waals surface area contributed by atoms with Crippen LogP contribution in [0.1, 0.15) is 33.6 Å². The number of aromatic nitrogens is 1. The van der Waals surface area contributed by atoms with E-state index in [1.165, 1.54) is 5.57 Å². The molecular weight excluding hydrogens is 278 g/mol. The molecule has 0 amide bonds. The number of carbonyl (C=O) groups is 1. The molecule has 5 heteroatoms. The van der Waals surface area contributed by atoms with E-state index in [0.29, 0.717) is 0 Å². The Balaban J connectivity index is 2.04. The Morgan fingerprint density at radius 1 is 1.36 bits per heavy atom. The van der Waals surface area contributed by atoms with Gasteiger partial charge in [0.05, 0.1) is 7.11 Å². The third-order valence-corrected chi connectivity index (χ3v) is 3.78. The number of nitrogens with zero attached hydrogens (tertiary/aromatic N) is 2. The molecule has 5 nitrogen and oxygen atoms in total. The van der Waals surface area contributed by atoms with E-state index < -0.39 is 0 Å². The van der Waals surface area contributed by atoms with Gasteiger partial charge in [-0.3, -0.25) is 15.1 Å². The first-order valence-electron chi connectivity index (χ1n) is 7.64. The molecule has 1 aliphatic rings. The van der Waals surface area contributed by atoms with Crippen LogP contribution in [0.2, 0.25) is 0 Å². The minimum absolute atomic E-state index is 0.204. The standard InChI is InChI=1S/C17H25N3O2/c1-17(2,3)15(21)12-13-7-10-20(11-8-13)16-14(19-22-4)6-5-9-18-16/h5-6,9,12,19H,7-8,10-11H2,1-4H3. The largest absolute Gasteiger partial charge is 0.354 e. The van der Waals surface area contributed by atoms with Gasteiger partial charge < -0.3 is 4.90 Å². The Labute approximate surface area is 132 Å². The summed E-state index contributed by atoms with van der Waals surface area (Å²) in [4.78, 5) is 23.8. The lowest BCUT2D eigenvalue weighted by Crippen LogP contribution is -2.32. The minimum Gasteiger partial charge on any atom is -0.354 e. The first-order valence-corrected chi connectivity index (χ1v) is 7.64. The molecule has 0 radical (unpaired) electrons. The molecule has 1 N–H and O–H groups in total. The highest BCUT2D eigenvalue weighted by Gasteiger charge is 2.22. The van der Waals surface area contributed by atoms with E-state index in [1.807, 2.05) is 39.0 Å². The summed E-state index contributed by atoms with van der Waals surface area (Å²) in [7, 11) is 1.59. The molecule has 120 valence electrons. The Morgan fingerprint density at radius 3 is 2.64 bits per heavy atom. The Hall–Kier alpha value is -1.88. The van der Waals surface area contributed by atoms with Gasteiger partial charge in [0.25, 0.3) is 0 Å². The van der Waals surface area contributed by atoms with E-state index >= 15 is 0 Å². The van der Waals surface area contributed by atoms with Crippen LogP contribution in [0.25, 0.3) is 0 Å². The summed E-state index contributed by atoms with van der Waals surface area (Å²) >= 11 is 0. The van der Waals surface area contributed by atoms with Gasteiger partial charge in [0, 0.05) is 24.7 Å². The third kappa shape index (κ3) is 4.07. The van der Waals surface area contributed by atoms with Crippen molar-refractivity contribution in [1.29, 1.82) is 0 Å². The van der Waals surface area contributed by atoms with E-state index in [0.717, 1.165) is 37.4 Å². The first kappa shape index (κ1) is 16.5. The predicted octanol–water partition coefficient (Wildman–Crippen LogP) is 3.20. The van der Waals surface area contributed by atoms with Gasteiger partial charge >= 0.3 is 0 Å². The third-order valence-electron chi connectivity index (χ3n) is 3.78. The number of piperidine rings is 1. The molecular formula is C17H25N3O2. The number of anilines is 2. The first-order chi connectivity index (χ1) is 10.4. The predicted molar refractivity (Wildman–Crippen MR) is 88.9 cm³/mol. The second kappa shape index (κ2) is 6.92. The van der Waals surface area contributed by atoms with Gasteiger partial charge in [0.2, 0.25) is 0 Å². The second-order valence-electron chi connectivity index (χ2n) is 6.58. The van der Waals surface area contributed by atoms with Crippen molar-refractivity contribution >= 4 is 17.3 Å². The maximum Gasteiger partial charge on any atom is 0.160 e. The highest BCUT2D eigenvalue weighted by molar-refractivity contribution is 5.94. The zero-order valence-corrected chi connectivity index (χ0v) is 13.8. The van der Waals surface area contributed by atoms with Crippen LogP contribution in [-0.2, 0) is 9.63 Å². The number of allylic oxidation sites excluding steroid dienone is 1. The van der Waals surface area contributed by atoms with E-state index in [2.05, 4.69) is 15.4 Å². The lowest BCUT2D eigenvalue weighted by Gasteiger charge is -2.31. The molecule has 2 rings (SSSR count). The molecule has 0 aliphatic carbocycles. The van der Waals surface area contributed by atoms with Crippen molar-refractivity contribution in [2.75, 3.05) is 30.6 Å². The topological polar surface area (TPSA) is 54.5 Å². The summed E-state index contributed by atoms with van der Waals surface area (Å²) in [5.74, 6) is 1.10. The van der Waals surface area contributed by atoms with E-state index in [9.17, 15) is 4.79 Å². The highest BCUT2D eigenvalue weighted by Crippen LogP contribution is 2.28. The maximum absolute atomic E-state index is 12.1. The molecule has 1 aliphatic heterocycles. The van der Waals surface area contributed by atoms with Crippen molar-refractivity contribution in [3.05, 3.63) is 30.0 Å². The number of nitrogens with one attached hydrogen (secondary N) is 1. The van der Waals surface area contributed by atoms with Crippen molar-refractivity contribution in [2.24, 2.45) is 5.41 Å². The van der Waals surface area contributed by atoms with Crippen molar-refractivity contribution < 1.29 is 9.63 Å². The number of hydrogen-bond acceptors (Lipinski definition) is 5. The lowest BCUT2D eigenvalue weighted by molar-refractivity contribution is -0.121. The summed E-state index contributed by atoms with van der Waals surface area (Å²) < 4.78 is 0. The number of rotatable bonds is 4. The fraction of sp³-hybridized carbons (Fsp3) is 0.529. The van der Waals surface area contributed by atoms with E-state index in [4.69, 9.17) is 4.84 Å². The van der Waals surface area contributed by atoms with Crippen molar-refractivity contribution in [3.63, 3.8) is 0 Å². The maximum atomic E-state index is 12.1. The summed E-state index contributed by atoms with van der Waals surface area (Å²) in [6.45, 7) is 7.59. The molecule has 0 aromatic carbocycles.